The van der Waals surface area contributed by atoms with Crippen molar-refractivity contribution in [1.29, 1.82) is 0 Å². The molecule has 0 saturated heterocycles. The van der Waals surface area contributed by atoms with Gasteiger partial charge in [-0.1, -0.05) is 23.8 Å². The quantitative estimate of drug-likeness (QED) is 0.830. The van der Waals surface area contributed by atoms with E-state index in [-0.39, 0.29) is 5.75 Å². The van der Waals surface area contributed by atoms with E-state index in [4.69, 9.17) is 0 Å². The topological polar surface area (TPSA) is 46.2 Å². The van der Waals surface area contributed by atoms with Crippen LogP contribution in [0.5, 0.6) is 0 Å². The third kappa shape index (κ3) is 3.56. The number of hydrogen-bond donors (Lipinski definition) is 1. The van der Waals surface area contributed by atoms with Crippen LogP contribution in [0.25, 0.3) is 0 Å². The summed E-state index contributed by atoms with van der Waals surface area (Å²) in [7, 11) is -2.83. The van der Waals surface area contributed by atoms with E-state index in [1.54, 1.807) is 0 Å². The lowest BCUT2D eigenvalue weighted by molar-refractivity contribution is 0.526. The molecule has 0 aromatic heterocycles. The maximum Gasteiger partial charge on any atom is 0.147 e. The van der Waals surface area contributed by atoms with Gasteiger partial charge in [0.15, 0.2) is 0 Å². The number of rotatable bonds is 5. The number of sulfone groups is 1. The van der Waals surface area contributed by atoms with Gasteiger partial charge in [-0.25, -0.2) is 8.42 Å². The Morgan fingerprint density at radius 1 is 1.39 bits per heavy atom. The molecule has 1 unspecified atom stereocenters. The van der Waals surface area contributed by atoms with Crippen molar-refractivity contribution in [2.75, 3.05) is 18.6 Å². The first-order chi connectivity index (χ1) is 8.46. The molecule has 1 aliphatic rings. The highest BCUT2D eigenvalue weighted by Crippen LogP contribution is 2.31. The molecule has 1 N–H and O–H groups in total. The molecule has 4 heteroatoms. The lowest BCUT2D eigenvalue weighted by atomic mass is 10.1. The minimum Gasteiger partial charge on any atom is -0.310 e. The van der Waals surface area contributed by atoms with Crippen molar-refractivity contribution in [3.05, 3.63) is 34.9 Å². The summed E-state index contributed by atoms with van der Waals surface area (Å²) in [6.45, 7) is 2.88. The molecule has 18 heavy (non-hydrogen) atoms. The van der Waals surface area contributed by atoms with Gasteiger partial charge in [-0.3, -0.25) is 0 Å². The second-order valence-electron chi connectivity index (χ2n) is 5.23. The molecule has 1 aromatic carbocycles. The number of benzene rings is 1. The predicted molar refractivity (Wildman–Crippen MR) is 74.6 cm³/mol. The van der Waals surface area contributed by atoms with Gasteiger partial charge < -0.3 is 5.32 Å². The molecule has 3 nitrogen and oxygen atoms in total. The highest BCUT2D eigenvalue weighted by molar-refractivity contribution is 7.90. The van der Waals surface area contributed by atoms with Crippen LogP contribution in [0.4, 0.5) is 0 Å². The van der Waals surface area contributed by atoms with Crippen molar-refractivity contribution in [3.63, 3.8) is 0 Å². The molecule has 0 bridgehead atoms. The molecule has 0 radical (unpaired) electrons. The van der Waals surface area contributed by atoms with Crippen LogP contribution in [-0.4, -0.2) is 27.0 Å². The monoisotopic (exact) mass is 267 g/mol. The smallest absolute Gasteiger partial charge is 0.147 e. The predicted octanol–water partition coefficient (Wildman–Crippen LogP) is 2.01. The lowest BCUT2D eigenvalue weighted by Gasteiger charge is -2.14. The molecule has 0 heterocycles. The SMILES string of the molecule is Cc1ccc2c(c1)C(NCCCS(C)(=O)=O)CC2. The fraction of sp³-hybridized carbons (Fsp3) is 0.571. The standard InChI is InChI=1S/C14H21NO2S/c1-11-4-5-12-6-7-14(13(12)10-11)15-8-3-9-18(2,16)17/h4-5,10,14-15H,3,6-9H2,1-2H3. The fourth-order valence-corrected chi connectivity index (χ4v) is 3.21. The molecule has 1 atom stereocenters. The number of hydrogen-bond acceptors (Lipinski definition) is 3. The molecular weight excluding hydrogens is 246 g/mol. The van der Waals surface area contributed by atoms with Crippen molar-refractivity contribution < 1.29 is 8.42 Å². The van der Waals surface area contributed by atoms with Crippen LogP contribution in [0.15, 0.2) is 18.2 Å². The van der Waals surface area contributed by atoms with Crippen LogP contribution in [0.3, 0.4) is 0 Å². The van der Waals surface area contributed by atoms with Gasteiger partial charge in [0, 0.05) is 12.3 Å². The minimum atomic E-state index is -2.83. The summed E-state index contributed by atoms with van der Waals surface area (Å²) in [4.78, 5) is 0. The Bertz CT molecular complexity index is 523. The Hall–Kier alpha value is -0.870. The molecule has 100 valence electrons. The highest BCUT2D eigenvalue weighted by atomic mass is 32.2. The van der Waals surface area contributed by atoms with Crippen molar-refractivity contribution in [3.8, 4) is 0 Å². The number of nitrogens with one attached hydrogen (secondary N) is 1. The third-order valence-electron chi connectivity index (χ3n) is 3.46. The Labute approximate surface area is 110 Å². The largest absolute Gasteiger partial charge is 0.310 e. The summed E-state index contributed by atoms with van der Waals surface area (Å²) in [5.41, 5.74) is 4.12. The van der Waals surface area contributed by atoms with E-state index < -0.39 is 9.84 Å². The van der Waals surface area contributed by atoms with Gasteiger partial charge in [-0.15, -0.1) is 0 Å². The van der Waals surface area contributed by atoms with Crippen molar-refractivity contribution in [1.82, 2.24) is 5.32 Å². The van der Waals surface area contributed by atoms with E-state index in [0.717, 1.165) is 19.4 Å². The maximum absolute atomic E-state index is 11.0. The first-order valence-electron chi connectivity index (χ1n) is 6.46. The second-order valence-corrected chi connectivity index (χ2v) is 7.49. The van der Waals surface area contributed by atoms with Gasteiger partial charge in [-0.2, -0.15) is 0 Å². The van der Waals surface area contributed by atoms with Crippen LogP contribution in [0.1, 0.15) is 35.6 Å². The fourth-order valence-electron chi connectivity index (χ4n) is 2.54. The number of aryl methyl sites for hydroxylation is 2. The van der Waals surface area contributed by atoms with Gasteiger partial charge in [0.05, 0.1) is 5.75 Å². The zero-order valence-corrected chi connectivity index (χ0v) is 11.9. The highest BCUT2D eigenvalue weighted by Gasteiger charge is 2.21. The normalized spacial score (nSPS) is 18.9. The minimum absolute atomic E-state index is 0.271. The van der Waals surface area contributed by atoms with E-state index in [0.29, 0.717) is 12.5 Å². The summed E-state index contributed by atoms with van der Waals surface area (Å²) >= 11 is 0. The molecule has 0 fully saturated rings. The molecular formula is C14H21NO2S. The van der Waals surface area contributed by atoms with Crippen LogP contribution < -0.4 is 5.32 Å². The summed E-state index contributed by atoms with van der Waals surface area (Å²) in [6.07, 6.45) is 4.23. The molecule has 1 aliphatic carbocycles. The summed E-state index contributed by atoms with van der Waals surface area (Å²) in [5.74, 6) is 0.271. The van der Waals surface area contributed by atoms with Crippen molar-refractivity contribution in [2.24, 2.45) is 0 Å². The van der Waals surface area contributed by atoms with E-state index in [1.165, 1.54) is 22.9 Å². The van der Waals surface area contributed by atoms with Crippen LogP contribution in [0, 0.1) is 6.92 Å². The summed E-state index contributed by atoms with van der Waals surface area (Å²) < 4.78 is 22.1. The van der Waals surface area contributed by atoms with Gasteiger partial charge in [-0.05, 0) is 43.9 Å². The van der Waals surface area contributed by atoms with Crippen LogP contribution in [0.2, 0.25) is 0 Å². The van der Waals surface area contributed by atoms with Gasteiger partial charge >= 0.3 is 0 Å². The number of fused-ring (bicyclic) bond motifs is 1. The Morgan fingerprint density at radius 3 is 2.89 bits per heavy atom. The van der Waals surface area contributed by atoms with E-state index >= 15 is 0 Å². The Kier molecular flexibility index (Phi) is 4.07. The molecule has 0 amide bonds. The van der Waals surface area contributed by atoms with Crippen molar-refractivity contribution in [2.45, 2.75) is 32.2 Å². The molecule has 0 saturated carbocycles. The second kappa shape index (κ2) is 5.41. The molecule has 2 rings (SSSR count). The van der Waals surface area contributed by atoms with Crippen LogP contribution in [-0.2, 0) is 16.3 Å². The van der Waals surface area contributed by atoms with Gasteiger partial charge in [0.25, 0.3) is 0 Å². The van der Waals surface area contributed by atoms with Gasteiger partial charge in [0.1, 0.15) is 9.84 Å². The Balaban J connectivity index is 1.88. The molecule has 0 spiro atoms. The molecule has 0 aliphatic heterocycles. The molecule has 1 aromatic rings. The first-order valence-corrected chi connectivity index (χ1v) is 8.52. The van der Waals surface area contributed by atoms with E-state index in [9.17, 15) is 8.42 Å². The zero-order valence-electron chi connectivity index (χ0n) is 11.1. The van der Waals surface area contributed by atoms with Crippen LogP contribution >= 0.6 is 0 Å². The average Bonchev–Trinajstić information content (AvgIpc) is 2.66. The first kappa shape index (κ1) is 13.6. The third-order valence-corrected chi connectivity index (χ3v) is 4.49. The maximum atomic E-state index is 11.0. The van der Waals surface area contributed by atoms with Gasteiger partial charge in [0.2, 0.25) is 0 Å². The Morgan fingerprint density at radius 2 is 2.17 bits per heavy atom. The summed E-state index contributed by atoms with van der Waals surface area (Å²) in [5, 5.41) is 3.47. The lowest BCUT2D eigenvalue weighted by Crippen LogP contribution is -2.22. The van der Waals surface area contributed by atoms with E-state index in [2.05, 4.69) is 30.4 Å². The average molecular weight is 267 g/mol. The van der Waals surface area contributed by atoms with E-state index in [1.807, 2.05) is 0 Å². The van der Waals surface area contributed by atoms with Crippen molar-refractivity contribution >= 4 is 9.84 Å². The zero-order chi connectivity index (χ0) is 13.2. The summed E-state index contributed by atoms with van der Waals surface area (Å²) in [6, 6.07) is 7.02.